The van der Waals surface area contributed by atoms with Crippen molar-refractivity contribution in [2.75, 3.05) is 39.5 Å². The molecule has 1 saturated heterocycles. The van der Waals surface area contributed by atoms with E-state index in [0.29, 0.717) is 25.3 Å². The summed E-state index contributed by atoms with van der Waals surface area (Å²) < 4.78 is 47.0. The van der Waals surface area contributed by atoms with Gasteiger partial charge in [0.2, 0.25) is 5.88 Å². The lowest BCUT2D eigenvalue weighted by Crippen LogP contribution is -2.56. The molecule has 1 aliphatic rings. The van der Waals surface area contributed by atoms with Crippen molar-refractivity contribution in [3.05, 3.63) is 23.9 Å². The van der Waals surface area contributed by atoms with E-state index in [1.165, 1.54) is 6.20 Å². The number of halogens is 3. The van der Waals surface area contributed by atoms with Crippen LogP contribution in [0, 0.1) is 0 Å². The van der Waals surface area contributed by atoms with Crippen molar-refractivity contribution in [1.82, 2.24) is 20.5 Å². The lowest BCUT2D eigenvalue weighted by Gasteiger charge is -2.40. The van der Waals surface area contributed by atoms with Crippen LogP contribution in [0.2, 0.25) is 0 Å². The standard InChI is InChI=1S/C17H25F3N4O3/c1-16(2,24-6-8-26-9-7-24)11-23-15(25)22-10-13-4-3-5-21-14(13)27-12-17(18,19)20/h3-5H,6-12H2,1-2H3,(H2,22,23,25). The molecule has 2 heterocycles. The third-order valence-corrected chi connectivity index (χ3v) is 4.21. The zero-order valence-electron chi connectivity index (χ0n) is 15.4. The molecule has 0 aromatic carbocycles. The average molecular weight is 390 g/mol. The Morgan fingerprint density at radius 2 is 2.00 bits per heavy atom. The predicted octanol–water partition coefficient (Wildman–Crippen LogP) is 1.93. The molecule has 152 valence electrons. The number of amides is 2. The molecule has 10 heteroatoms. The highest BCUT2D eigenvalue weighted by Crippen LogP contribution is 2.20. The number of morpholine rings is 1. The largest absolute Gasteiger partial charge is 0.468 e. The van der Waals surface area contributed by atoms with Crippen LogP contribution < -0.4 is 15.4 Å². The molecule has 2 N–H and O–H groups in total. The molecule has 0 spiro atoms. The quantitative estimate of drug-likeness (QED) is 0.744. The Bertz CT molecular complexity index is 620. The minimum absolute atomic E-state index is 0.00481. The average Bonchev–Trinajstić information content (AvgIpc) is 2.64. The number of nitrogens with zero attached hydrogens (tertiary/aromatic N) is 2. The fourth-order valence-electron chi connectivity index (χ4n) is 2.65. The summed E-state index contributed by atoms with van der Waals surface area (Å²) in [6.45, 7) is 5.98. The van der Waals surface area contributed by atoms with Crippen molar-refractivity contribution < 1.29 is 27.4 Å². The van der Waals surface area contributed by atoms with Crippen LogP contribution in [0.25, 0.3) is 0 Å². The number of rotatable bonds is 7. The highest BCUT2D eigenvalue weighted by molar-refractivity contribution is 5.74. The molecule has 1 aromatic heterocycles. The maximum atomic E-state index is 12.3. The van der Waals surface area contributed by atoms with Gasteiger partial charge < -0.3 is 20.1 Å². The second-order valence-corrected chi connectivity index (χ2v) is 6.82. The van der Waals surface area contributed by atoms with Crippen LogP contribution in [0.5, 0.6) is 5.88 Å². The van der Waals surface area contributed by atoms with Crippen molar-refractivity contribution in [2.45, 2.75) is 32.1 Å². The molecule has 0 saturated carbocycles. The summed E-state index contributed by atoms with van der Waals surface area (Å²) in [6.07, 6.45) is -3.12. The highest BCUT2D eigenvalue weighted by atomic mass is 19.4. The van der Waals surface area contributed by atoms with E-state index in [9.17, 15) is 18.0 Å². The SMILES string of the molecule is CC(C)(CNC(=O)NCc1cccnc1OCC(F)(F)F)N1CCOCC1. The van der Waals surface area contributed by atoms with Gasteiger partial charge >= 0.3 is 12.2 Å². The van der Waals surface area contributed by atoms with Crippen LogP contribution in [0.1, 0.15) is 19.4 Å². The molecular formula is C17H25F3N4O3. The Hall–Kier alpha value is -2.07. The summed E-state index contributed by atoms with van der Waals surface area (Å²) in [5.74, 6) is -0.149. The van der Waals surface area contributed by atoms with Crippen molar-refractivity contribution in [1.29, 1.82) is 0 Å². The van der Waals surface area contributed by atoms with Gasteiger partial charge in [-0.15, -0.1) is 0 Å². The summed E-state index contributed by atoms with van der Waals surface area (Å²) in [4.78, 5) is 18.1. The summed E-state index contributed by atoms with van der Waals surface area (Å²) >= 11 is 0. The molecule has 7 nitrogen and oxygen atoms in total. The first kappa shape index (κ1) is 21.2. The van der Waals surface area contributed by atoms with Gasteiger partial charge in [0.1, 0.15) is 0 Å². The van der Waals surface area contributed by atoms with Crippen molar-refractivity contribution >= 4 is 6.03 Å². The molecule has 1 fully saturated rings. The topological polar surface area (TPSA) is 75.7 Å². The first-order chi connectivity index (χ1) is 12.7. The monoisotopic (exact) mass is 390 g/mol. The van der Waals surface area contributed by atoms with Gasteiger partial charge in [-0.1, -0.05) is 6.07 Å². The fraction of sp³-hybridized carbons (Fsp3) is 0.647. The number of nitrogens with one attached hydrogen (secondary N) is 2. The van der Waals surface area contributed by atoms with Crippen LogP contribution >= 0.6 is 0 Å². The van der Waals surface area contributed by atoms with Crippen molar-refractivity contribution in [2.24, 2.45) is 0 Å². The molecule has 0 unspecified atom stereocenters. The molecule has 2 amide bonds. The second kappa shape index (κ2) is 9.23. The van der Waals surface area contributed by atoms with Crippen LogP contribution in [0.4, 0.5) is 18.0 Å². The van der Waals surface area contributed by atoms with E-state index in [2.05, 4.69) is 20.5 Å². The Morgan fingerprint density at radius 1 is 1.30 bits per heavy atom. The molecule has 0 radical (unpaired) electrons. The second-order valence-electron chi connectivity index (χ2n) is 6.82. The maximum Gasteiger partial charge on any atom is 0.422 e. The molecule has 0 aliphatic carbocycles. The zero-order chi connectivity index (χ0) is 19.9. The normalized spacial score (nSPS) is 16.0. The predicted molar refractivity (Wildman–Crippen MR) is 92.5 cm³/mol. The third-order valence-electron chi connectivity index (χ3n) is 4.21. The van der Waals surface area contributed by atoms with Crippen molar-refractivity contribution in [3.63, 3.8) is 0 Å². The number of ether oxygens (including phenoxy) is 2. The Morgan fingerprint density at radius 3 is 2.67 bits per heavy atom. The van der Waals surface area contributed by atoms with Crippen molar-refractivity contribution in [3.8, 4) is 5.88 Å². The molecule has 0 atom stereocenters. The van der Waals surface area contributed by atoms with Gasteiger partial charge in [0.15, 0.2) is 6.61 Å². The number of hydrogen-bond donors (Lipinski definition) is 2. The number of alkyl halides is 3. The summed E-state index contributed by atoms with van der Waals surface area (Å²) in [7, 11) is 0. The van der Waals surface area contributed by atoms with Crippen LogP contribution in [-0.2, 0) is 11.3 Å². The van der Waals surface area contributed by atoms with E-state index >= 15 is 0 Å². The number of hydrogen-bond acceptors (Lipinski definition) is 5. The smallest absolute Gasteiger partial charge is 0.422 e. The first-order valence-electron chi connectivity index (χ1n) is 8.65. The Labute approximate surface area is 156 Å². The molecule has 27 heavy (non-hydrogen) atoms. The zero-order valence-corrected chi connectivity index (χ0v) is 15.4. The summed E-state index contributed by atoms with van der Waals surface area (Å²) in [5.41, 5.74) is 0.125. The fourth-order valence-corrected chi connectivity index (χ4v) is 2.65. The van der Waals surface area contributed by atoms with E-state index in [4.69, 9.17) is 9.47 Å². The van der Waals surface area contributed by atoms with Gasteiger partial charge in [0, 0.05) is 43.5 Å². The third kappa shape index (κ3) is 7.22. The summed E-state index contributed by atoms with van der Waals surface area (Å²) in [5, 5.41) is 5.41. The van der Waals surface area contributed by atoms with E-state index in [1.54, 1.807) is 12.1 Å². The van der Waals surface area contributed by atoms with E-state index in [0.717, 1.165) is 13.1 Å². The highest BCUT2D eigenvalue weighted by Gasteiger charge is 2.30. The Kier molecular flexibility index (Phi) is 7.25. The van der Waals surface area contributed by atoms with E-state index in [1.807, 2.05) is 13.8 Å². The molecule has 1 aromatic rings. The number of urea groups is 1. The maximum absolute atomic E-state index is 12.3. The van der Waals surface area contributed by atoms with Gasteiger partial charge in [0.25, 0.3) is 0 Å². The van der Waals surface area contributed by atoms with Crippen LogP contribution in [-0.4, -0.2) is 67.1 Å². The van der Waals surface area contributed by atoms with Gasteiger partial charge in [-0.25, -0.2) is 9.78 Å². The lowest BCUT2D eigenvalue weighted by atomic mass is 10.0. The van der Waals surface area contributed by atoms with Crippen LogP contribution in [0.15, 0.2) is 18.3 Å². The number of carbonyl (C=O) groups is 1. The molecular weight excluding hydrogens is 365 g/mol. The van der Waals surface area contributed by atoms with Crippen LogP contribution in [0.3, 0.4) is 0 Å². The molecule has 1 aliphatic heterocycles. The van der Waals surface area contributed by atoms with Gasteiger partial charge in [-0.3, -0.25) is 4.90 Å². The van der Waals surface area contributed by atoms with Gasteiger partial charge in [-0.2, -0.15) is 13.2 Å². The lowest BCUT2D eigenvalue weighted by molar-refractivity contribution is -0.154. The number of aromatic nitrogens is 1. The first-order valence-corrected chi connectivity index (χ1v) is 8.65. The van der Waals surface area contributed by atoms with E-state index < -0.39 is 18.8 Å². The minimum atomic E-state index is -4.45. The minimum Gasteiger partial charge on any atom is -0.468 e. The van der Waals surface area contributed by atoms with Gasteiger partial charge in [0.05, 0.1) is 13.2 Å². The number of carbonyl (C=O) groups excluding carboxylic acids is 1. The molecule has 0 bridgehead atoms. The molecule has 2 rings (SSSR count). The van der Waals surface area contributed by atoms with E-state index in [-0.39, 0.29) is 18.0 Å². The summed E-state index contributed by atoms with van der Waals surface area (Å²) in [6, 6.07) is 2.70. The Balaban J connectivity index is 1.81. The van der Waals surface area contributed by atoms with Gasteiger partial charge in [-0.05, 0) is 19.9 Å². The number of pyridine rings is 1.